The Morgan fingerprint density at radius 3 is 2.26 bits per heavy atom. The van der Waals surface area contributed by atoms with Crippen LogP contribution in [-0.4, -0.2) is 43.2 Å². The first-order valence-electron chi connectivity index (χ1n) is 10.6. The molecule has 27 heavy (non-hydrogen) atoms. The van der Waals surface area contributed by atoms with E-state index < -0.39 is 0 Å². The van der Waals surface area contributed by atoms with E-state index in [2.05, 4.69) is 32.6 Å². The van der Waals surface area contributed by atoms with E-state index in [1.54, 1.807) is 6.07 Å². The highest BCUT2D eigenvalue weighted by Gasteiger charge is 2.21. The zero-order valence-corrected chi connectivity index (χ0v) is 18.8. The minimum atomic E-state index is -0.299. The molecule has 0 unspecified atom stereocenters. The van der Waals surface area contributed by atoms with Crippen LogP contribution in [0.2, 0.25) is 0 Å². The molecule has 0 spiro atoms. The molecule has 0 aliphatic carbocycles. The van der Waals surface area contributed by atoms with Crippen molar-refractivity contribution in [2.24, 2.45) is 5.92 Å². The van der Waals surface area contributed by atoms with Crippen molar-refractivity contribution >= 4 is 5.97 Å². The van der Waals surface area contributed by atoms with Crippen LogP contribution in [0.4, 0.5) is 0 Å². The van der Waals surface area contributed by atoms with Gasteiger partial charge in [-0.3, -0.25) is 4.90 Å². The van der Waals surface area contributed by atoms with E-state index in [1.807, 2.05) is 39.8 Å². The van der Waals surface area contributed by atoms with Crippen molar-refractivity contribution in [1.29, 1.82) is 0 Å². The summed E-state index contributed by atoms with van der Waals surface area (Å²) < 4.78 is 11.4. The Hall–Kier alpha value is -1.55. The summed E-state index contributed by atoms with van der Waals surface area (Å²) >= 11 is 0. The highest BCUT2D eigenvalue weighted by Crippen LogP contribution is 2.22. The molecule has 1 aromatic carbocycles. The van der Waals surface area contributed by atoms with E-state index in [9.17, 15) is 4.79 Å². The molecule has 156 valence electrons. The van der Waals surface area contributed by atoms with Crippen LogP contribution in [0.1, 0.15) is 77.2 Å². The first-order chi connectivity index (χ1) is 12.9. The first-order valence-corrected chi connectivity index (χ1v) is 10.6. The summed E-state index contributed by atoms with van der Waals surface area (Å²) in [6.45, 7) is 19.7. The largest absolute Gasteiger partial charge is 0.493 e. The van der Waals surface area contributed by atoms with Crippen molar-refractivity contribution in [3.63, 3.8) is 0 Å². The quantitative estimate of drug-likeness (QED) is 0.461. The molecule has 0 saturated carbocycles. The molecule has 1 aromatic rings. The number of carbonyl (C=O) groups is 1. The van der Waals surface area contributed by atoms with Crippen LogP contribution in [0.3, 0.4) is 0 Å². The molecule has 4 heteroatoms. The second kappa shape index (κ2) is 14.5. The topological polar surface area (TPSA) is 38.8 Å². The van der Waals surface area contributed by atoms with Gasteiger partial charge in [0.15, 0.2) is 0 Å². The van der Waals surface area contributed by atoms with E-state index in [1.165, 1.54) is 0 Å². The number of likely N-dealkylation sites (N-methyl/N-ethyl adjacent to an activating group) is 1. The Bertz CT molecular complexity index is 524. The molecule has 1 rings (SSSR count). The molecule has 0 radical (unpaired) electrons. The lowest BCUT2D eigenvalue weighted by Crippen LogP contribution is -2.40. The van der Waals surface area contributed by atoms with E-state index in [0.29, 0.717) is 30.4 Å². The van der Waals surface area contributed by atoms with Crippen molar-refractivity contribution < 1.29 is 14.3 Å². The Labute approximate surface area is 167 Å². The van der Waals surface area contributed by atoms with E-state index >= 15 is 0 Å². The van der Waals surface area contributed by atoms with Crippen molar-refractivity contribution in [1.82, 2.24) is 4.90 Å². The lowest BCUT2D eigenvalue weighted by atomic mass is 10.0. The molecule has 1 atom stereocenters. The van der Waals surface area contributed by atoms with Crippen LogP contribution in [0.15, 0.2) is 18.2 Å². The van der Waals surface area contributed by atoms with Gasteiger partial charge in [-0.15, -0.1) is 0 Å². The lowest BCUT2D eigenvalue weighted by molar-refractivity contribution is 0.0327. The van der Waals surface area contributed by atoms with Crippen molar-refractivity contribution in [3.8, 4) is 5.75 Å². The SMILES string of the molecule is CC.CCCOc1cc(C)ccc1C(=O)OC[C@H](CC(C)C)N(CC)CC. The molecule has 0 aliphatic heterocycles. The third-order valence-corrected chi connectivity index (χ3v) is 4.30. The Kier molecular flexibility index (Phi) is 13.7. The number of benzene rings is 1. The van der Waals surface area contributed by atoms with Crippen molar-refractivity contribution in [2.75, 3.05) is 26.3 Å². The van der Waals surface area contributed by atoms with Crippen LogP contribution < -0.4 is 4.74 Å². The fourth-order valence-corrected chi connectivity index (χ4v) is 2.99. The maximum absolute atomic E-state index is 12.6. The van der Waals surface area contributed by atoms with Gasteiger partial charge in [0.1, 0.15) is 17.9 Å². The molecular weight excluding hydrogens is 338 g/mol. The van der Waals surface area contributed by atoms with E-state index in [4.69, 9.17) is 9.47 Å². The molecule has 4 nitrogen and oxygen atoms in total. The maximum atomic E-state index is 12.6. The normalized spacial score (nSPS) is 11.8. The molecule has 0 amide bonds. The van der Waals surface area contributed by atoms with Gasteiger partial charge >= 0.3 is 5.97 Å². The first kappa shape index (κ1) is 25.4. The molecule has 0 saturated heterocycles. The third-order valence-electron chi connectivity index (χ3n) is 4.30. The number of nitrogens with zero attached hydrogens (tertiary/aromatic N) is 1. The third kappa shape index (κ3) is 9.28. The lowest BCUT2D eigenvalue weighted by Gasteiger charge is -2.30. The van der Waals surface area contributed by atoms with Gasteiger partial charge in [-0.2, -0.15) is 0 Å². The van der Waals surface area contributed by atoms with Gasteiger partial charge in [0.2, 0.25) is 0 Å². The number of aryl methyl sites for hydroxylation is 1. The molecule has 0 aromatic heterocycles. The van der Waals surface area contributed by atoms with Crippen molar-refractivity contribution in [3.05, 3.63) is 29.3 Å². The molecular formula is C23H41NO3. The fraction of sp³-hybridized carbons (Fsp3) is 0.696. The number of rotatable bonds is 11. The van der Waals surface area contributed by atoms with Gasteiger partial charge in [0.25, 0.3) is 0 Å². The summed E-state index contributed by atoms with van der Waals surface area (Å²) in [6.07, 6.45) is 1.92. The zero-order valence-electron chi connectivity index (χ0n) is 18.8. The number of esters is 1. The minimum absolute atomic E-state index is 0.254. The Morgan fingerprint density at radius 1 is 1.11 bits per heavy atom. The second-order valence-corrected chi connectivity index (χ2v) is 6.95. The summed E-state index contributed by atoms with van der Waals surface area (Å²) in [4.78, 5) is 15.0. The molecule has 0 heterocycles. The van der Waals surface area contributed by atoms with Gasteiger partial charge in [-0.1, -0.05) is 54.5 Å². The van der Waals surface area contributed by atoms with Gasteiger partial charge in [-0.25, -0.2) is 4.79 Å². The zero-order chi connectivity index (χ0) is 20.8. The van der Waals surface area contributed by atoms with Crippen LogP contribution in [0.25, 0.3) is 0 Å². The monoisotopic (exact) mass is 379 g/mol. The number of ether oxygens (including phenoxy) is 2. The minimum Gasteiger partial charge on any atom is -0.493 e. The second-order valence-electron chi connectivity index (χ2n) is 6.95. The van der Waals surface area contributed by atoms with Gasteiger partial charge in [0, 0.05) is 6.04 Å². The Morgan fingerprint density at radius 2 is 1.74 bits per heavy atom. The predicted octanol–water partition coefficient (Wildman–Crippen LogP) is 5.72. The average Bonchev–Trinajstić information content (AvgIpc) is 2.66. The number of hydrogen-bond acceptors (Lipinski definition) is 4. The van der Waals surface area contributed by atoms with Crippen molar-refractivity contribution in [2.45, 2.75) is 74.3 Å². The number of carbonyl (C=O) groups excluding carboxylic acids is 1. The number of hydrogen-bond donors (Lipinski definition) is 0. The maximum Gasteiger partial charge on any atom is 0.341 e. The summed E-state index contributed by atoms with van der Waals surface area (Å²) in [5.41, 5.74) is 1.59. The highest BCUT2D eigenvalue weighted by atomic mass is 16.5. The average molecular weight is 380 g/mol. The van der Waals surface area contributed by atoms with Crippen LogP contribution >= 0.6 is 0 Å². The van der Waals surface area contributed by atoms with Crippen LogP contribution in [-0.2, 0) is 4.74 Å². The summed E-state index contributed by atoms with van der Waals surface area (Å²) in [5.74, 6) is 0.884. The standard InChI is InChI=1S/C21H35NO3.C2H6/c1-7-12-24-20-14-17(6)10-11-19(20)21(23)25-15-18(13-16(4)5)22(8-2)9-3;1-2/h10-11,14,16,18H,7-9,12-13,15H2,1-6H3;1-2H3/t18-;/m0./s1. The summed E-state index contributed by atoms with van der Waals surface area (Å²) in [7, 11) is 0. The highest BCUT2D eigenvalue weighted by molar-refractivity contribution is 5.92. The summed E-state index contributed by atoms with van der Waals surface area (Å²) in [6, 6.07) is 5.88. The van der Waals surface area contributed by atoms with E-state index in [-0.39, 0.29) is 12.0 Å². The molecule has 0 N–H and O–H groups in total. The van der Waals surface area contributed by atoms with Gasteiger partial charge in [0.05, 0.1) is 6.61 Å². The molecule has 0 fully saturated rings. The molecule has 0 bridgehead atoms. The van der Waals surface area contributed by atoms with E-state index in [0.717, 1.165) is 31.5 Å². The summed E-state index contributed by atoms with van der Waals surface area (Å²) in [5, 5.41) is 0. The Balaban J connectivity index is 0.00000326. The van der Waals surface area contributed by atoms with Crippen LogP contribution in [0.5, 0.6) is 5.75 Å². The molecule has 0 aliphatic rings. The van der Waals surface area contributed by atoms with Crippen LogP contribution in [0, 0.1) is 12.8 Å². The predicted molar refractivity (Wildman–Crippen MR) is 115 cm³/mol. The van der Waals surface area contributed by atoms with Gasteiger partial charge in [-0.05, 0) is 56.5 Å². The fourth-order valence-electron chi connectivity index (χ4n) is 2.99. The van der Waals surface area contributed by atoms with Gasteiger partial charge < -0.3 is 9.47 Å². The smallest absolute Gasteiger partial charge is 0.341 e.